The molecule has 0 fully saturated rings. The highest BCUT2D eigenvalue weighted by Crippen LogP contribution is 2.15. The Kier molecular flexibility index (Phi) is 5.36. The predicted octanol–water partition coefficient (Wildman–Crippen LogP) is 4.37. The number of carbonyl (C=O) groups excluding carboxylic acids is 2. The average Bonchev–Trinajstić information content (AvgIpc) is 2.47. The Morgan fingerprint density at radius 1 is 1.10 bits per heavy atom. The number of esters is 1. The van der Waals surface area contributed by atoms with E-state index < -0.39 is 12.1 Å². The molecular weight excluding hydrogens is 403 g/mol. The standard InChI is InChI=1S/C16H12ClIO3/c1-10(15(19)12-3-2-4-13(17)9-12)21-16(20)11-5-7-14(18)8-6-11/h2-10H,1H3. The van der Waals surface area contributed by atoms with Crippen LogP contribution in [0.3, 0.4) is 0 Å². The van der Waals surface area contributed by atoms with E-state index in [1.165, 1.54) is 0 Å². The molecule has 0 aliphatic heterocycles. The van der Waals surface area contributed by atoms with Crippen molar-refractivity contribution in [1.82, 2.24) is 0 Å². The Labute approximate surface area is 141 Å². The lowest BCUT2D eigenvalue weighted by atomic mass is 10.1. The molecule has 2 rings (SSSR count). The summed E-state index contributed by atoms with van der Waals surface area (Å²) in [6, 6.07) is 13.5. The van der Waals surface area contributed by atoms with Crippen LogP contribution >= 0.6 is 34.2 Å². The minimum absolute atomic E-state index is 0.281. The Bertz CT molecular complexity index is 667. The van der Waals surface area contributed by atoms with E-state index in [4.69, 9.17) is 16.3 Å². The molecule has 3 nitrogen and oxygen atoms in total. The number of Topliss-reactive ketones (excluding diaryl/α,β-unsaturated/α-hetero) is 1. The number of hydrogen-bond acceptors (Lipinski definition) is 3. The number of benzene rings is 2. The number of rotatable bonds is 4. The highest BCUT2D eigenvalue weighted by molar-refractivity contribution is 14.1. The van der Waals surface area contributed by atoms with Crippen molar-refractivity contribution < 1.29 is 14.3 Å². The molecule has 1 unspecified atom stereocenters. The van der Waals surface area contributed by atoms with Crippen LogP contribution in [0.5, 0.6) is 0 Å². The van der Waals surface area contributed by atoms with Crippen LogP contribution in [0.1, 0.15) is 27.6 Å². The highest BCUT2D eigenvalue weighted by Gasteiger charge is 2.20. The molecule has 2 aromatic rings. The van der Waals surface area contributed by atoms with E-state index in [9.17, 15) is 9.59 Å². The van der Waals surface area contributed by atoms with Gasteiger partial charge in [-0.2, -0.15) is 0 Å². The molecule has 0 N–H and O–H groups in total. The summed E-state index contributed by atoms with van der Waals surface area (Å²) < 4.78 is 6.22. The van der Waals surface area contributed by atoms with Crippen molar-refractivity contribution in [1.29, 1.82) is 0 Å². The third-order valence-corrected chi connectivity index (χ3v) is 3.80. The zero-order valence-corrected chi connectivity index (χ0v) is 14.1. The van der Waals surface area contributed by atoms with E-state index in [0.29, 0.717) is 16.1 Å². The summed E-state index contributed by atoms with van der Waals surface area (Å²) in [6.07, 6.45) is -0.866. The van der Waals surface area contributed by atoms with Crippen molar-refractivity contribution in [3.05, 3.63) is 68.3 Å². The fraction of sp³-hybridized carbons (Fsp3) is 0.125. The van der Waals surface area contributed by atoms with Gasteiger partial charge in [0.05, 0.1) is 5.56 Å². The summed E-state index contributed by atoms with van der Waals surface area (Å²) >= 11 is 8.00. The molecule has 0 aliphatic rings. The van der Waals surface area contributed by atoms with Crippen LogP contribution in [0.25, 0.3) is 0 Å². The number of hydrogen-bond donors (Lipinski definition) is 0. The number of ketones is 1. The van der Waals surface area contributed by atoms with E-state index in [2.05, 4.69) is 22.6 Å². The number of ether oxygens (including phenoxy) is 1. The van der Waals surface area contributed by atoms with Crippen molar-refractivity contribution in [2.24, 2.45) is 0 Å². The van der Waals surface area contributed by atoms with Crippen molar-refractivity contribution in [2.75, 3.05) is 0 Å². The van der Waals surface area contributed by atoms with Gasteiger partial charge in [0.25, 0.3) is 0 Å². The smallest absolute Gasteiger partial charge is 0.338 e. The van der Waals surface area contributed by atoms with E-state index in [1.807, 2.05) is 0 Å². The van der Waals surface area contributed by atoms with Gasteiger partial charge in [-0.25, -0.2) is 4.79 Å². The minimum Gasteiger partial charge on any atom is -0.451 e. The zero-order valence-electron chi connectivity index (χ0n) is 11.2. The van der Waals surface area contributed by atoms with Gasteiger partial charge in [-0.1, -0.05) is 23.7 Å². The van der Waals surface area contributed by atoms with Crippen LogP contribution in [-0.2, 0) is 4.74 Å². The lowest BCUT2D eigenvalue weighted by molar-refractivity contribution is 0.0319. The molecule has 21 heavy (non-hydrogen) atoms. The van der Waals surface area contributed by atoms with Gasteiger partial charge in [0.2, 0.25) is 5.78 Å². The Morgan fingerprint density at radius 2 is 1.76 bits per heavy atom. The molecule has 1 atom stereocenters. The first kappa shape index (κ1) is 16.0. The maximum absolute atomic E-state index is 12.2. The van der Waals surface area contributed by atoms with Gasteiger partial charge in [0, 0.05) is 14.2 Å². The monoisotopic (exact) mass is 414 g/mol. The van der Waals surface area contributed by atoms with E-state index >= 15 is 0 Å². The molecule has 0 amide bonds. The molecule has 0 saturated carbocycles. The van der Waals surface area contributed by atoms with E-state index in [0.717, 1.165) is 3.57 Å². The molecule has 0 aliphatic carbocycles. The molecule has 0 bridgehead atoms. The molecule has 0 saturated heterocycles. The second-order valence-electron chi connectivity index (χ2n) is 4.43. The van der Waals surface area contributed by atoms with E-state index in [1.54, 1.807) is 55.5 Å². The number of carbonyl (C=O) groups is 2. The Morgan fingerprint density at radius 3 is 2.38 bits per heavy atom. The summed E-state index contributed by atoms with van der Waals surface area (Å²) in [4.78, 5) is 24.1. The Hall–Kier alpha value is -1.40. The molecule has 0 aromatic heterocycles. The summed E-state index contributed by atoms with van der Waals surface area (Å²) in [6.45, 7) is 1.55. The van der Waals surface area contributed by atoms with Crippen LogP contribution in [0, 0.1) is 3.57 Å². The fourth-order valence-electron chi connectivity index (χ4n) is 1.74. The second-order valence-corrected chi connectivity index (χ2v) is 6.11. The quantitative estimate of drug-likeness (QED) is 0.424. The molecule has 2 aromatic carbocycles. The zero-order chi connectivity index (χ0) is 15.4. The van der Waals surface area contributed by atoms with Crippen molar-refractivity contribution >= 4 is 45.9 Å². The first-order valence-corrected chi connectivity index (χ1v) is 7.69. The normalized spacial score (nSPS) is 11.8. The fourth-order valence-corrected chi connectivity index (χ4v) is 2.29. The minimum atomic E-state index is -0.866. The second kappa shape index (κ2) is 7.04. The summed E-state index contributed by atoms with van der Waals surface area (Å²) in [5, 5.41) is 0.469. The first-order chi connectivity index (χ1) is 9.97. The maximum Gasteiger partial charge on any atom is 0.338 e. The topological polar surface area (TPSA) is 43.4 Å². The third-order valence-electron chi connectivity index (χ3n) is 2.84. The van der Waals surface area contributed by atoms with Gasteiger partial charge < -0.3 is 4.74 Å². The average molecular weight is 415 g/mol. The Balaban J connectivity index is 2.07. The predicted molar refractivity (Wildman–Crippen MR) is 89.8 cm³/mol. The lowest BCUT2D eigenvalue weighted by Crippen LogP contribution is -2.24. The molecule has 0 heterocycles. The van der Waals surface area contributed by atoms with Crippen LogP contribution in [-0.4, -0.2) is 17.9 Å². The first-order valence-electron chi connectivity index (χ1n) is 6.23. The van der Waals surface area contributed by atoms with Gasteiger partial charge in [0.1, 0.15) is 0 Å². The molecule has 0 radical (unpaired) electrons. The van der Waals surface area contributed by atoms with Crippen LogP contribution in [0.4, 0.5) is 0 Å². The molecule has 0 spiro atoms. The van der Waals surface area contributed by atoms with Gasteiger partial charge in [-0.15, -0.1) is 0 Å². The molecule has 108 valence electrons. The van der Waals surface area contributed by atoms with Gasteiger partial charge in [-0.05, 0) is 65.9 Å². The number of halogens is 2. The maximum atomic E-state index is 12.2. The van der Waals surface area contributed by atoms with Crippen molar-refractivity contribution in [2.45, 2.75) is 13.0 Å². The van der Waals surface area contributed by atoms with E-state index in [-0.39, 0.29) is 5.78 Å². The van der Waals surface area contributed by atoms with Gasteiger partial charge in [0.15, 0.2) is 6.10 Å². The third kappa shape index (κ3) is 4.28. The van der Waals surface area contributed by atoms with Crippen molar-refractivity contribution in [3.8, 4) is 0 Å². The van der Waals surface area contributed by atoms with Crippen LogP contribution in [0.15, 0.2) is 48.5 Å². The molecular formula is C16H12ClIO3. The van der Waals surface area contributed by atoms with Crippen LogP contribution in [0.2, 0.25) is 5.02 Å². The lowest BCUT2D eigenvalue weighted by Gasteiger charge is -2.12. The van der Waals surface area contributed by atoms with Gasteiger partial charge in [-0.3, -0.25) is 4.79 Å². The highest BCUT2D eigenvalue weighted by atomic mass is 127. The van der Waals surface area contributed by atoms with Gasteiger partial charge >= 0.3 is 5.97 Å². The summed E-state index contributed by atoms with van der Waals surface area (Å²) in [5.41, 5.74) is 0.839. The SMILES string of the molecule is CC(OC(=O)c1ccc(I)cc1)C(=O)c1cccc(Cl)c1. The summed E-state index contributed by atoms with van der Waals surface area (Å²) in [5.74, 6) is -0.800. The molecule has 5 heteroatoms. The van der Waals surface area contributed by atoms with Crippen LogP contribution < -0.4 is 0 Å². The largest absolute Gasteiger partial charge is 0.451 e. The summed E-state index contributed by atoms with van der Waals surface area (Å²) in [7, 11) is 0. The van der Waals surface area contributed by atoms with Crippen molar-refractivity contribution in [3.63, 3.8) is 0 Å².